The van der Waals surface area contributed by atoms with Crippen LogP contribution in [0.2, 0.25) is 0 Å². The third-order valence-corrected chi connectivity index (χ3v) is 3.97. The van der Waals surface area contributed by atoms with E-state index in [-0.39, 0.29) is 0 Å². The van der Waals surface area contributed by atoms with Crippen molar-refractivity contribution in [3.63, 3.8) is 0 Å². The van der Waals surface area contributed by atoms with Gasteiger partial charge in [0.1, 0.15) is 5.82 Å². The number of pyridine rings is 1. The average Bonchev–Trinajstić information content (AvgIpc) is 2.42. The Bertz CT molecular complexity index is 385. The van der Waals surface area contributed by atoms with Crippen LogP contribution in [0.3, 0.4) is 0 Å². The van der Waals surface area contributed by atoms with Crippen molar-refractivity contribution in [3.05, 3.63) is 23.9 Å². The zero-order valence-electron chi connectivity index (χ0n) is 12.4. The quantitative estimate of drug-likeness (QED) is 0.880. The molecule has 0 bridgehead atoms. The molecule has 0 amide bonds. The highest BCUT2D eigenvalue weighted by molar-refractivity contribution is 5.43. The first-order chi connectivity index (χ1) is 9.20. The lowest BCUT2D eigenvalue weighted by molar-refractivity contribution is 0.139. The van der Waals surface area contributed by atoms with E-state index in [0.717, 1.165) is 18.9 Å². The molecule has 1 fully saturated rings. The number of rotatable bonds is 5. The number of anilines is 1. The molecule has 106 valence electrons. The molecule has 1 N–H and O–H groups in total. The normalized spacial score (nSPS) is 17.9. The zero-order chi connectivity index (χ0) is 13.7. The van der Waals surface area contributed by atoms with Crippen molar-refractivity contribution in [2.45, 2.75) is 32.4 Å². The minimum absolute atomic E-state index is 0.700. The smallest absolute Gasteiger partial charge is 0.130 e. The van der Waals surface area contributed by atoms with Crippen LogP contribution >= 0.6 is 0 Å². The fourth-order valence-corrected chi connectivity index (χ4v) is 2.73. The van der Waals surface area contributed by atoms with Gasteiger partial charge in [0.15, 0.2) is 0 Å². The topological polar surface area (TPSA) is 31.4 Å². The van der Waals surface area contributed by atoms with E-state index < -0.39 is 0 Å². The van der Waals surface area contributed by atoms with E-state index in [4.69, 9.17) is 0 Å². The first-order valence-electron chi connectivity index (χ1n) is 7.27. The molecular formula is C15H26N4. The van der Waals surface area contributed by atoms with Crippen LogP contribution in [0.5, 0.6) is 0 Å². The first-order valence-corrected chi connectivity index (χ1v) is 7.27. The van der Waals surface area contributed by atoms with Gasteiger partial charge < -0.3 is 10.2 Å². The maximum Gasteiger partial charge on any atom is 0.130 e. The summed E-state index contributed by atoms with van der Waals surface area (Å²) in [6.45, 7) is 6.43. The highest BCUT2D eigenvalue weighted by Crippen LogP contribution is 2.19. The van der Waals surface area contributed by atoms with Crippen LogP contribution in [0, 0.1) is 0 Å². The van der Waals surface area contributed by atoms with Crippen molar-refractivity contribution >= 4 is 5.82 Å². The second kappa shape index (κ2) is 6.87. The van der Waals surface area contributed by atoms with Gasteiger partial charge in [0.25, 0.3) is 0 Å². The van der Waals surface area contributed by atoms with E-state index in [0.29, 0.717) is 6.04 Å². The Morgan fingerprint density at radius 3 is 2.84 bits per heavy atom. The second-order valence-electron chi connectivity index (χ2n) is 5.49. The standard InChI is InChI=1S/C15H26N4/c1-4-16-15-13(6-5-9-17-15)12-19(3)14-7-10-18(2)11-8-14/h5-6,9,14H,4,7-8,10-12H2,1-3H3,(H,16,17). The molecule has 0 aromatic carbocycles. The van der Waals surface area contributed by atoms with Crippen LogP contribution in [0.4, 0.5) is 5.82 Å². The van der Waals surface area contributed by atoms with E-state index in [1.165, 1.54) is 31.5 Å². The Morgan fingerprint density at radius 2 is 2.16 bits per heavy atom. The van der Waals surface area contributed by atoms with Gasteiger partial charge in [-0.25, -0.2) is 4.98 Å². The Hall–Kier alpha value is -1.13. The van der Waals surface area contributed by atoms with Crippen molar-refractivity contribution in [3.8, 4) is 0 Å². The summed E-state index contributed by atoms with van der Waals surface area (Å²) < 4.78 is 0. The van der Waals surface area contributed by atoms with Crippen LogP contribution in [0.25, 0.3) is 0 Å². The Morgan fingerprint density at radius 1 is 1.42 bits per heavy atom. The molecule has 0 aliphatic carbocycles. The maximum absolute atomic E-state index is 4.43. The van der Waals surface area contributed by atoms with E-state index in [1.54, 1.807) is 0 Å². The van der Waals surface area contributed by atoms with Crippen molar-refractivity contribution in [2.24, 2.45) is 0 Å². The summed E-state index contributed by atoms with van der Waals surface area (Å²) in [5, 5.41) is 3.35. The highest BCUT2D eigenvalue weighted by Gasteiger charge is 2.21. The molecule has 0 atom stereocenters. The number of aromatic nitrogens is 1. The monoisotopic (exact) mass is 262 g/mol. The van der Waals surface area contributed by atoms with E-state index in [1.807, 2.05) is 12.3 Å². The third-order valence-electron chi connectivity index (χ3n) is 3.97. The minimum atomic E-state index is 0.700. The Balaban J connectivity index is 1.96. The Labute approximate surface area is 116 Å². The molecule has 1 aliphatic rings. The second-order valence-corrected chi connectivity index (χ2v) is 5.49. The molecule has 4 nitrogen and oxygen atoms in total. The van der Waals surface area contributed by atoms with Gasteiger partial charge in [0, 0.05) is 30.9 Å². The molecule has 2 rings (SSSR count). The lowest BCUT2D eigenvalue weighted by Crippen LogP contribution is -2.41. The highest BCUT2D eigenvalue weighted by atomic mass is 15.2. The van der Waals surface area contributed by atoms with Crippen molar-refractivity contribution in [1.29, 1.82) is 0 Å². The molecule has 0 unspecified atom stereocenters. The largest absolute Gasteiger partial charge is 0.370 e. The maximum atomic E-state index is 4.43. The molecular weight excluding hydrogens is 236 g/mol. The molecule has 19 heavy (non-hydrogen) atoms. The summed E-state index contributed by atoms with van der Waals surface area (Å²) in [6.07, 6.45) is 4.39. The molecule has 1 aliphatic heterocycles. The van der Waals surface area contributed by atoms with E-state index in [9.17, 15) is 0 Å². The molecule has 1 aromatic rings. The summed E-state index contributed by atoms with van der Waals surface area (Å²) >= 11 is 0. The number of hydrogen-bond acceptors (Lipinski definition) is 4. The van der Waals surface area contributed by atoms with Crippen molar-refractivity contribution in [1.82, 2.24) is 14.8 Å². The number of nitrogens with zero attached hydrogens (tertiary/aromatic N) is 3. The van der Waals surface area contributed by atoms with Gasteiger partial charge in [-0.05, 0) is 53.0 Å². The number of piperidine rings is 1. The minimum Gasteiger partial charge on any atom is -0.370 e. The fourth-order valence-electron chi connectivity index (χ4n) is 2.73. The lowest BCUT2D eigenvalue weighted by Gasteiger charge is -2.35. The molecule has 0 spiro atoms. The van der Waals surface area contributed by atoms with Gasteiger partial charge in [-0.3, -0.25) is 4.90 Å². The van der Waals surface area contributed by atoms with Gasteiger partial charge in [-0.15, -0.1) is 0 Å². The van der Waals surface area contributed by atoms with Gasteiger partial charge in [-0.2, -0.15) is 0 Å². The van der Waals surface area contributed by atoms with Crippen LogP contribution in [0.1, 0.15) is 25.3 Å². The predicted molar refractivity (Wildman–Crippen MR) is 80.4 cm³/mol. The summed E-state index contributed by atoms with van der Waals surface area (Å²) in [5.74, 6) is 1.03. The van der Waals surface area contributed by atoms with Gasteiger partial charge in [0.2, 0.25) is 0 Å². The van der Waals surface area contributed by atoms with Crippen LogP contribution in [0.15, 0.2) is 18.3 Å². The van der Waals surface area contributed by atoms with E-state index in [2.05, 4.69) is 47.2 Å². The molecule has 1 aromatic heterocycles. The zero-order valence-corrected chi connectivity index (χ0v) is 12.4. The van der Waals surface area contributed by atoms with Crippen LogP contribution in [-0.4, -0.2) is 54.6 Å². The summed E-state index contributed by atoms with van der Waals surface area (Å²) in [6, 6.07) is 4.90. The average molecular weight is 262 g/mol. The van der Waals surface area contributed by atoms with Gasteiger partial charge >= 0.3 is 0 Å². The van der Waals surface area contributed by atoms with E-state index >= 15 is 0 Å². The van der Waals surface area contributed by atoms with Gasteiger partial charge in [0.05, 0.1) is 0 Å². The molecule has 0 radical (unpaired) electrons. The lowest BCUT2D eigenvalue weighted by atomic mass is 10.0. The van der Waals surface area contributed by atoms with Crippen molar-refractivity contribution in [2.75, 3.05) is 39.0 Å². The first kappa shape index (κ1) is 14.3. The fraction of sp³-hybridized carbons (Fsp3) is 0.667. The summed E-state index contributed by atoms with van der Waals surface area (Å²) in [5.41, 5.74) is 1.30. The summed E-state index contributed by atoms with van der Waals surface area (Å²) in [4.78, 5) is 9.32. The summed E-state index contributed by atoms with van der Waals surface area (Å²) in [7, 11) is 4.44. The number of hydrogen-bond donors (Lipinski definition) is 1. The third kappa shape index (κ3) is 3.91. The number of likely N-dealkylation sites (tertiary alicyclic amines) is 1. The van der Waals surface area contributed by atoms with Crippen molar-refractivity contribution < 1.29 is 0 Å². The SMILES string of the molecule is CCNc1ncccc1CN(C)C1CCN(C)CC1. The Kier molecular flexibility index (Phi) is 5.16. The van der Waals surface area contributed by atoms with Gasteiger partial charge in [-0.1, -0.05) is 6.07 Å². The van der Waals surface area contributed by atoms with Crippen LogP contribution < -0.4 is 5.32 Å². The molecule has 0 saturated carbocycles. The van der Waals surface area contributed by atoms with Crippen LogP contribution in [-0.2, 0) is 6.54 Å². The molecule has 2 heterocycles. The number of nitrogens with one attached hydrogen (secondary N) is 1. The molecule has 1 saturated heterocycles. The molecule has 4 heteroatoms. The predicted octanol–water partition coefficient (Wildman–Crippen LogP) is 2.04.